The predicted octanol–water partition coefficient (Wildman–Crippen LogP) is 3.44. The maximum atomic E-state index is 13.3. The average molecular weight is 328 g/mol. The largest absolute Gasteiger partial charge is 0.357 e. The monoisotopic (exact) mass is 328 g/mol. The van der Waals surface area contributed by atoms with Crippen LogP contribution in [-0.4, -0.2) is 32.6 Å². The van der Waals surface area contributed by atoms with Crippen molar-refractivity contribution >= 4 is 16.8 Å². The molecule has 1 N–H and O–H groups in total. The number of fused-ring (bicyclic) bond motifs is 1. The number of benzene rings is 1. The Labute approximate surface area is 140 Å². The van der Waals surface area contributed by atoms with E-state index in [1.54, 1.807) is 29.7 Å². The highest BCUT2D eigenvalue weighted by atomic mass is 19.1. The first-order valence-electron chi connectivity index (χ1n) is 7.91. The molecule has 5 nitrogen and oxygen atoms in total. The van der Waals surface area contributed by atoms with Gasteiger partial charge in [-0.15, -0.1) is 0 Å². The molecule has 1 aromatic carbocycles. The van der Waals surface area contributed by atoms with Crippen LogP contribution in [0, 0.1) is 5.82 Å². The fourth-order valence-electron chi connectivity index (χ4n) is 2.74. The molecule has 3 rings (SSSR count). The van der Waals surface area contributed by atoms with Gasteiger partial charge in [-0.3, -0.25) is 9.48 Å². The Bertz CT molecular complexity index is 894. The molecule has 2 heterocycles. The smallest absolute Gasteiger partial charge is 0.272 e. The number of nitrogens with zero attached hydrogens (tertiary/aromatic N) is 3. The van der Waals surface area contributed by atoms with Crippen molar-refractivity contribution in [2.24, 2.45) is 7.05 Å². The number of hydrogen-bond donors (Lipinski definition) is 1. The Morgan fingerprint density at radius 1 is 1.33 bits per heavy atom. The van der Waals surface area contributed by atoms with E-state index in [0.717, 1.165) is 22.3 Å². The van der Waals surface area contributed by atoms with Gasteiger partial charge in [-0.1, -0.05) is 13.8 Å². The van der Waals surface area contributed by atoms with Crippen LogP contribution in [-0.2, 0) is 13.6 Å². The SMILES string of the molecule is CC(C)c1cc(C(=O)N(C)Cc2cc3cc(F)ccc3[nH]2)n(C)n1. The average Bonchev–Trinajstić information content (AvgIpc) is 3.09. The van der Waals surface area contributed by atoms with Crippen molar-refractivity contribution in [1.29, 1.82) is 0 Å². The van der Waals surface area contributed by atoms with E-state index in [9.17, 15) is 9.18 Å². The van der Waals surface area contributed by atoms with Crippen LogP contribution < -0.4 is 0 Å². The molecule has 0 atom stereocenters. The van der Waals surface area contributed by atoms with E-state index in [-0.39, 0.29) is 17.6 Å². The summed E-state index contributed by atoms with van der Waals surface area (Å²) in [5.74, 6) is -0.0954. The number of H-pyrrole nitrogens is 1. The van der Waals surface area contributed by atoms with Gasteiger partial charge in [0.2, 0.25) is 0 Å². The van der Waals surface area contributed by atoms with E-state index >= 15 is 0 Å². The van der Waals surface area contributed by atoms with E-state index in [1.165, 1.54) is 12.1 Å². The molecular formula is C18H21FN4O. The maximum Gasteiger partial charge on any atom is 0.272 e. The zero-order chi connectivity index (χ0) is 17.4. The normalized spacial score (nSPS) is 11.4. The Kier molecular flexibility index (Phi) is 4.13. The molecular weight excluding hydrogens is 307 g/mol. The number of aromatic amines is 1. The van der Waals surface area contributed by atoms with Crippen LogP contribution in [0.3, 0.4) is 0 Å². The molecule has 0 fully saturated rings. The number of carbonyl (C=O) groups excluding carboxylic acids is 1. The lowest BCUT2D eigenvalue weighted by molar-refractivity contribution is 0.0772. The predicted molar refractivity (Wildman–Crippen MR) is 91.4 cm³/mol. The summed E-state index contributed by atoms with van der Waals surface area (Å²) < 4.78 is 14.9. The number of aryl methyl sites for hydroxylation is 1. The Morgan fingerprint density at radius 2 is 2.08 bits per heavy atom. The van der Waals surface area contributed by atoms with Gasteiger partial charge in [-0.25, -0.2) is 4.39 Å². The van der Waals surface area contributed by atoms with Gasteiger partial charge in [0.15, 0.2) is 0 Å². The summed E-state index contributed by atoms with van der Waals surface area (Å²) in [6.07, 6.45) is 0. The molecule has 0 saturated carbocycles. The zero-order valence-electron chi connectivity index (χ0n) is 14.3. The van der Waals surface area contributed by atoms with E-state index in [1.807, 2.05) is 26.0 Å². The van der Waals surface area contributed by atoms with Gasteiger partial charge in [-0.05, 0) is 36.2 Å². The first kappa shape index (κ1) is 16.2. The third-order valence-electron chi connectivity index (χ3n) is 4.10. The molecule has 6 heteroatoms. The first-order chi connectivity index (χ1) is 11.3. The van der Waals surface area contributed by atoms with Crippen molar-refractivity contribution in [3.8, 4) is 0 Å². The van der Waals surface area contributed by atoms with Crippen LogP contribution in [0.25, 0.3) is 10.9 Å². The molecule has 126 valence electrons. The number of hydrogen-bond acceptors (Lipinski definition) is 2. The van der Waals surface area contributed by atoms with Gasteiger partial charge >= 0.3 is 0 Å². The molecule has 0 aliphatic heterocycles. The molecule has 0 aliphatic carbocycles. The van der Waals surface area contributed by atoms with Crippen molar-refractivity contribution in [2.45, 2.75) is 26.3 Å². The van der Waals surface area contributed by atoms with Crippen LogP contribution in [0.5, 0.6) is 0 Å². The number of halogens is 1. The Morgan fingerprint density at radius 3 is 2.75 bits per heavy atom. The second-order valence-electron chi connectivity index (χ2n) is 6.42. The van der Waals surface area contributed by atoms with Crippen molar-refractivity contribution in [1.82, 2.24) is 19.7 Å². The standard InChI is InChI=1S/C18H21FN4O/c1-11(2)16-9-17(23(4)21-16)18(24)22(3)10-14-8-12-7-13(19)5-6-15(12)20-14/h5-9,11,20H,10H2,1-4H3. The van der Waals surface area contributed by atoms with Crippen molar-refractivity contribution < 1.29 is 9.18 Å². The van der Waals surface area contributed by atoms with Gasteiger partial charge in [0, 0.05) is 30.7 Å². The molecule has 2 aromatic heterocycles. The number of aromatic nitrogens is 3. The van der Waals surface area contributed by atoms with Crippen LogP contribution in [0.4, 0.5) is 4.39 Å². The van der Waals surface area contributed by atoms with Crippen molar-refractivity contribution in [3.63, 3.8) is 0 Å². The van der Waals surface area contributed by atoms with Crippen molar-refractivity contribution in [2.75, 3.05) is 7.05 Å². The minimum atomic E-state index is -0.270. The molecule has 0 unspecified atom stereocenters. The summed E-state index contributed by atoms with van der Waals surface area (Å²) in [5, 5.41) is 5.18. The molecule has 0 radical (unpaired) electrons. The summed E-state index contributed by atoms with van der Waals surface area (Å²) in [5.41, 5.74) is 3.17. The van der Waals surface area contributed by atoms with Crippen LogP contribution >= 0.6 is 0 Å². The van der Waals surface area contributed by atoms with Gasteiger partial charge in [0.05, 0.1) is 12.2 Å². The highest BCUT2D eigenvalue weighted by molar-refractivity contribution is 5.92. The highest BCUT2D eigenvalue weighted by Gasteiger charge is 2.19. The van der Waals surface area contributed by atoms with E-state index in [2.05, 4.69) is 10.1 Å². The minimum absolute atomic E-state index is 0.0956. The first-order valence-corrected chi connectivity index (χ1v) is 7.91. The van der Waals surface area contributed by atoms with Gasteiger partial charge in [-0.2, -0.15) is 5.10 Å². The zero-order valence-corrected chi connectivity index (χ0v) is 14.3. The summed E-state index contributed by atoms with van der Waals surface area (Å²) in [7, 11) is 3.52. The van der Waals surface area contributed by atoms with Crippen LogP contribution in [0.1, 0.15) is 41.6 Å². The molecule has 0 spiro atoms. The Balaban J connectivity index is 1.80. The van der Waals surface area contributed by atoms with Gasteiger partial charge < -0.3 is 9.88 Å². The molecule has 1 amide bonds. The minimum Gasteiger partial charge on any atom is -0.357 e. The number of rotatable bonds is 4. The summed E-state index contributed by atoms with van der Waals surface area (Å²) in [6, 6.07) is 8.30. The fourth-order valence-corrected chi connectivity index (χ4v) is 2.74. The van der Waals surface area contributed by atoms with Gasteiger partial charge in [0.25, 0.3) is 5.91 Å². The third-order valence-corrected chi connectivity index (χ3v) is 4.10. The number of carbonyl (C=O) groups is 1. The van der Waals surface area contributed by atoms with Gasteiger partial charge in [0.1, 0.15) is 11.5 Å². The Hall–Kier alpha value is -2.63. The van der Waals surface area contributed by atoms with Crippen LogP contribution in [0.15, 0.2) is 30.3 Å². The molecule has 0 saturated heterocycles. The lowest BCUT2D eigenvalue weighted by atomic mass is 10.1. The number of nitrogens with one attached hydrogen (secondary N) is 1. The fraction of sp³-hybridized carbons (Fsp3) is 0.333. The molecule has 0 aliphatic rings. The second-order valence-corrected chi connectivity index (χ2v) is 6.42. The molecule has 0 bridgehead atoms. The maximum absolute atomic E-state index is 13.3. The highest BCUT2D eigenvalue weighted by Crippen LogP contribution is 2.19. The second kappa shape index (κ2) is 6.11. The van der Waals surface area contributed by atoms with E-state index < -0.39 is 0 Å². The molecule has 24 heavy (non-hydrogen) atoms. The summed E-state index contributed by atoms with van der Waals surface area (Å²) >= 11 is 0. The molecule has 3 aromatic rings. The quantitative estimate of drug-likeness (QED) is 0.798. The van der Waals surface area contributed by atoms with Crippen molar-refractivity contribution in [3.05, 3.63) is 53.2 Å². The van der Waals surface area contributed by atoms with E-state index in [4.69, 9.17) is 0 Å². The lowest BCUT2D eigenvalue weighted by Crippen LogP contribution is -2.28. The summed E-state index contributed by atoms with van der Waals surface area (Å²) in [4.78, 5) is 17.5. The topological polar surface area (TPSA) is 53.9 Å². The summed E-state index contributed by atoms with van der Waals surface area (Å²) in [6.45, 7) is 4.51. The van der Waals surface area contributed by atoms with E-state index in [0.29, 0.717) is 12.2 Å². The third kappa shape index (κ3) is 3.04. The van der Waals surface area contributed by atoms with Crippen LogP contribution in [0.2, 0.25) is 0 Å². The number of amides is 1. The lowest BCUT2D eigenvalue weighted by Gasteiger charge is -2.16.